The lowest BCUT2D eigenvalue weighted by atomic mass is 9.69. The van der Waals surface area contributed by atoms with Crippen LogP contribution < -0.4 is 0 Å². The Bertz CT molecular complexity index is 1010. The minimum atomic E-state index is -0.955. The number of fused-ring (bicyclic) bond motifs is 6. The zero-order valence-electron chi connectivity index (χ0n) is 25.3. The Morgan fingerprint density at radius 2 is 1.27 bits per heavy atom. The molecule has 7 aliphatic heterocycles. The first-order valence-corrected chi connectivity index (χ1v) is 15.7. The van der Waals surface area contributed by atoms with Gasteiger partial charge in [-0.1, -0.05) is 0 Å². The summed E-state index contributed by atoms with van der Waals surface area (Å²) in [5.41, 5.74) is -3.34. The molecule has 0 saturated carbocycles. The van der Waals surface area contributed by atoms with Gasteiger partial charge in [-0.15, -0.1) is 0 Å². The van der Waals surface area contributed by atoms with Gasteiger partial charge in [0.1, 0.15) is 17.8 Å². The topological polar surface area (TPSA) is 105 Å². The summed E-state index contributed by atoms with van der Waals surface area (Å²) < 4.78 is 46.9. The molecule has 0 aromatic heterocycles. The second-order valence-electron chi connectivity index (χ2n) is 15.2. The van der Waals surface area contributed by atoms with Crippen LogP contribution in [-0.2, 0) is 33.2 Å². The van der Waals surface area contributed by atoms with Crippen LogP contribution in [0.25, 0.3) is 0 Å². The van der Waals surface area contributed by atoms with Gasteiger partial charge in [-0.2, -0.15) is 0 Å². The monoisotopic (exact) mass is 566 g/mol. The van der Waals surface area contributed by atoms with Crippen LogP contribution in [0.3, 0.4) is 0 Å². The molecule has 7 aliphatic rings. The van der Waals surface area contributed by atoms with Crippen molar-refractivity contribution in [3.8, 4) is 0 Å². The number of hydrogen-bond acceptors (Lipinski definition) is 9. The molecular weight excluding hydrogens is 516 g/mol. The smallest absolute Gasteiger partial charge is 0.120 e. The Balaban J connectivity index is 1.15. The first-order valence-electron chi connectivity index (χ1n) is 15.7. The first kappa shape index (κ1) is 28.4. The van der Waals surface area contributed by atoms with Crippen molar-refractivity contribution in [1.29, 1.82) is 0 Å². The summed E-state index contributed by atoms with van der Waals surface area (Å²) >= 11 is 0. The number of aliphatic hydroxyl groups is 2. The SMILES string of the molecule is C[C@@H]1CC[C@H]2O[C@@]3(C)C[C@H]4O[C@@]5(C)C[C@H]6O[C@@]7(C)C[C@@H](O)[C@H](C)O[C@@H]7[C@H](O)[C@]6(C)O[C@@H]5CC[C@]4(C)O[C@@H]3C[C@@H]2O1. The van der Waals surface area contributed by atoms with Crippen molar-refractivity contribution >= 4 is 0 Å². The zero-order chi connectivity index (χ0) is 28.5. The molecular formula is C31H50O9. The number of ether oxygens (including phenoxy) is 7. The van der Waals surface area contributed by atoms with E-state index in [1.54, 1.807) is 0 Å². The van der Waals surface area contributed by atoms with Crippen molar-refractivity contribution in [3.63, 3.8) is 0 Å². The summed E-state index contributed by atoms with van der Waals surface area (Å²) in [7, 11) is 0. The predicted octanol–water partition coefficient (Wildman–Crippen LogP) is 3.19. The highest BCUT2D eigenvalue weighted by atomic mass is 16.6. The van der Waals surface area contributed by atoms with E-state index in [4.69, 9.17) is 33.2 Å². The number of rotatable bonds is 0. The minimum Gasteiger partial charge on any atom is -0.390 e. The van der Waals surface area contributed by atoms with Crippen LogP contribution in [0.4, 0.5) is 0 Å². The fourth-order valence-corrected chi connectivity index (χ4v) is 9.16. The summed E-state index contributed by atoms with van der Waals surface area (Å²) in [6.45, 7) is 14.4. The highest BCUT2D eigenvalue weighted by Crippen LogP contribution is 2.56. The van der Waals surface area contributed by atoms with Gasteiger partial charge in [-0.05, 0) is 74.1 Å². The molecule has 0 bridgehead atoms. The van der Waals surface area contributed by atoms with E-state index in [0.717, 1.165) is 38.5 Å². The van der Waals surface area contributed by atoms with Gasteiger partial charge in [0, 0.05) is 25.7 Å². The van der Waals surface area contributed by atoms with E-state index in [0.29, 0.717) is 12.8 Å². The van der Waals surface area contributed by atoms with Crippen LogP contribution in [0.1, 0.15) is 99.8 Å². The van der Waals surface area contributed by atoms with E-state index >= 15 is 0 Å². The van der Waals surface area contributed by atoms with E-state index in [1.165, 1.54) is 0 Å². The van der Waals surface area contributed by atoms with Crippen LogP contribution >= 0.6 is 0 Å². The average Bonchev–Trinajstić information content (AvgIpc) is 2.96. The summed E-state index contributed by atoms with van der Waals surface area (Å²) in [6.07, 6.45) is 3.17. The van der Waals surface area contributed by atoms with Crippen LogP contribution in [0.2, 0.25) is 0 Å². The van der Waals surface area contributed by atoms with E-state index < -0.39 is 52.4 Å². The maximum absolute atomic E-state index is 11.7. The predicted molar refractivity (Wildman–Crippen MR) is 144 cm³/mol. The van der Waals surface area contributed by atoms with Crippen molar-refractivity contribution in [1.82, 2.24) is 0 Å². The fourth-order valence-electron chi connectivity index (χ4n) is 9.16. The third-order valence-corrected chi connectivity index (χ3v) is 11.9. The molecule has 0 aromatic carbocycles. The molecule has 7 rings (SSSR count). The Morgan fingerprint density at radius 3 is 2.05 bits per heavy atom. The lowest BCUT2D eigenvalue weighted by molar-refractivity contribution is -0.389. The molecule has 7 fully saturated rings. The minimum absolute atomic E-state index is 0.0587. The summed E-state index contributed by atoms with van der Waals surface area (Å²) in [4.78, 5) is 0. The molecule has 228 valence electrons. The summed E-state index contributed by atoms with van der Waals surface area (Å²) in [5.74, 6) is 0. The molecule has 0 amide bonds. The lowest BCUT2D eigenvalue weighted by Gasteiger charge is -2.63. The van der Waals surface area contributed by atoms with Crippen molar-refractivity contribution in [3.05, 3.63) is 0 Å². The maximum Gasteiger partial charge on any atom is 0.120 e. The van der Waals surface area contributed by atoms with Gasteiger partial charge in [0.15, 0.2) is 0 Å². The molecule has 7 saturated heterocycles. The van der Waals surface area contributed by atoms with E-state index in [-0.39, 0.29) is 42.7 Å². The zero-order valence-corrected chi connectivity index (χ0v) is 25.3. The molecule has 40 heavy (non-hydrogen) atoms. The summed E-state index contributed by atoms with van der Waals surface area (Å²) in [5, 5.41) is 22.3. The molecule has 0 aromatic rings. The Labute approximate surface area is 238 Å². The van der Waals surface area contributed by atoms with Gasteiger partial charge in [-0.25, -0.2) is 0 Å². The maximum atomic E-state index is 11.7. The number of hydrogen-bond donors (Lipinski definition) is 2. The normalized spacial score (nSPS) is 63.4. The second kappa shape index (κ2) is 9.08. The highest BCUT2D eigenvalue weighted by molar-refractivity contribution is 5.16. The molecule has 9 nitrogen and oxygen atoms in total. The molecule has 0 aliphatic carbocycles. The largest absolute Gasteiger partial charge is 0.390 e. The first-order chi connectivity index (χ1) is 18.7. The van der Waals surface area contributed by atoms with Crippen LogP contribution in [0.15, 0.2) is 0 Å². The van der Waals surface area contributed by atoms with E-state index in [1.807, 2.05) is 20.8 Å². The summed E-state index contributed by atoms with van der Waals surface area (Å²) in [6, 6.07) is 0. The Hall–Kier alpha value is -0.360. The van der Waals surface area contributed by atoms with Crippen LogP contribution in [-0.4, -0.2) is 105 Å². The Kier molecular flexibility index (Phi) is 6.45. The Morgan fingerprint density at radius 1 is 0.600 bits per heavy atom. The number of aliphatic hydroxyl groups excluding tert-OH is 2. The van der Waals surface area contributed by atoms with E-state index in [9.17, 15) is 10.2 Å². The van der Waals surface area contributed by atoms with Gasteiger partial charge < -0.3 is 43.4 Å². The van der Waals surface area contributed by atoms with Crippen LogP contribution in [0, 0.1) is 0 Å². The van der Waals surface area contributed by atoms with Gasteiger partial charge in [0.2, 0.25) is 0 Å². The van der Waals surface area contributed by atoms with Gasteiger partial charge in [0.25, 0.3) is 0 Å². The standard InChI is InChI=1S/C31H50O9/c1-16-8-9-19-20(34-16)12-22-29(5,36-19)14-23-27(3,37-22)11-10-21-28(4,38-23)15-24-31(7,40-21)25(33)26-30(6,39-24)13-18(32)17(2)35-26/h16-26,32-33H,8-15H2,1-7H3/t16-,17+,18-,19-,20+,21-,22-,23-,24-,25+,26-,27+,28+,29+,30+,31-/m1/s1. The van der Waals surface area contributed by atoms with Crippen molar-refractivity contribution < 1.29 is 43.4 Å². The third kappa shape index (κ3) is 4.13. The van der Waals surface area contributed by atoms with Crippen molar-refractivity contribution in [2.75, 3.05) is 0 Å². The quantitative estimate of drug-likeness (QED) is 0.457. The van der Waals surface area contributed by atoms with Crippen molar-refractivity contribution in [2.45, 2.75) is 195 Å². The highest BCUT2D eigenvalue weighted by Gasteiger charge is 2.68. The molecule has 16 atom stereocenters. The van der Waals surface area contributed by atoms with Crippen LogP contribution in [0.5, 0.6) is 0 Å². The van der Waals surface area contributed by atoms with Gasteiger partial charge in [0.05, 0.1) is 77.3 Å². The molecule has 0 unspecified atom stereocenters. The van der Waals surface area contributed by atoms with Gasteiger partial charge >= 0.3 is 0 Å². The molecule has 0 spiro atoms. The van der Waals surface area contributed by atoms with Gasteiger partial charge in [-0.3, -0.25) is 0 Å². The molecule has 7 heterocycles. The molecule has 9 heteroatoms. The van der Waals surface area contributed by atoms with E-state index in [2.05, 4.69) is 27.7 Å². The fraction of sp³-hybridized carbons (Fsp3) is 1.00. The average molecular weight is 567 g/mol. The third-order valence-electron chi connectivity index (χ3n) is 11.9. The second-order valence-corrected chi connectivity index (χ2v) is 15.2. The lowest BCUT2D eigenvalue weighted by Crippen LogP contribution is -2.77. The molecule has 0 radical (unpaired) electrons. The van der Waals surface area contributed by atoms with Crippen molar-refractivity contribution in [2.24, 2.45) is 0 Å². The molecule has 2 N–H and O–H groups in total.